The number of amides is 4. The van der Waals surface area contributed by atoms with Crippen LogP contribution in [0.15, 0.2) is 42.5 Å². The van der Waals surface area contributed by atoms with Gasteiger partial charge in [-0.25, -0.2) is 0 Å². The fourth-order valence-corrected chi connectivity index (χ4v) is 4.57. The SMILES string of the molecule is O=C1CCC(N2C(=O)c3cccc(CNC4CNc5ccccc5C4)c3C2=O)C(=O)N1. The van der Waals surface area contributed by atoms with Crippen LogP contribution < -0.4 is 16.0 Å². The lowest BCUT2D eigenvalue weighted by Crippen LogP contribution is -2.54. The number of carbonyl (C=O) groups excluding carboxylic acids is 4. The van der Waals surface area contributed by atoms with Gasteiger partial charge in [0.2, 0.25) is 11.8 Å². The van der Waals surface area contributed by atoms with Gasteiger partial charge in [0.15, 0.2) is 0 Å². The van der Waals surface area contributed by atoms with Gasteiger partial charge in [-0.15, -0.1) is 0 Å². The Morgan fingerprint density at radius 3 is 2.68 bits per heavy atom. The Bertz CT molecular complexity index is 1110. The van der Waals surface area contributed by atoms with Gasteiger partial charge in [-0.05, 0) is 36.1 Å². The molecular formula is C23H22N4O4. The average Bonchev–Trinajstić information content (AvgIpc) is 3.03. The second kappa shape index (κ2) is 7.63. The molecule has 0 bridgehead atoms. The third-order valence-electron chi connectivity index (χ3n) is 6.16. The Hall–Kier alpha value is -3.52. The lowest BCUT2D eigenvalue weighted by molar-refractivity contribution is -0.136. The molecule has 0 spiro atoms. The van der Waals surface area contributed by atoms with Gasteiger partial charge in [0.05, 0.1) is 11.1 Å². The number of fused-ring (bicyclic) bond motifs is 2. The molecular weight excluding hydrogens is 396 g/mol. The van der Waals surface area contributed by atoms with Gasteiger partial charge in [-0.1, -0.05) is 30.3 Å². The number of benzene rings is 2. The van der Waals surface area contributed by atoms with E-state index in [1.54, 1.807) is 12.1 Å². The highest BCUT2D eigenvalue weighted by Gasteiger charge is 2.45. The lowest BCUT2D eigenvalue weighted by atomic mass is 9.98. The van der Waals surface area contributed by atoms with E-state index in [1.165, 1.54) is 5.56 Å². The van der Waals surface area contributed by atoms with Gasteiger partial charge in [-0.3, -0.25) is 29.4 Å². The van der Waals surface area contributed by atoms with Crippen molar-refractivity contribution in [3.63, 3.8) is 0 Å². The van der Waals surface area contributed by atoms with Crippen molar-refractivity contribution in [2.45, 2.75) is 37.9 Å². The van der Waals surface area contributed by atoms with Crippen LogP contribution in [-0.2, 0) is 22.6 Å². The molecule has 0 radical (unpaired) electrons. The van der Waals surface area contributed by atoms with Crippen molar-refractivity contribution in [2.75, 3.05) is 11.9 Å². The van der Waals surface area contributed by atoms with E-state index < -0.39 is 23.8 Å². The summed E-state index contributed by atoms with van der Waals surface area (Å²) in [5, 5.41) is 9.12. The minimum Gasteiger partial charge on any atom is -0.383 e. The number of piperidine rings is 1. The number of anilines is 1. The van der Waals surface area contributed by atoms with E-state index in [1.807, 2.05) is 18.2 Å². The maximum absolute atomic E-state index is 13.2. The highest BCUT2D eigenvalue weighted by molar-refractivity contribution is 6.24. The lowest BCUT2D eigenvalue weighted by Gasteiger charge is -2.28. The van der Waals surface area contributed by atoms with Crippen LogP contribution in [0.4, 0.5) is 5.69 Å². The molecule has 2 aromatic carbocycles. The second-order valence-electron chi connectivity index (χ2n) is 8.11. The van der Waals surface area contributed by atoms with Crippen LogP contribution in [0.3, 0.4) is 0 Å². The standard InChI is InChI=1S/C23H22N4O4/c28-19-9-8-18(21(29)26-19)27-22(30)16-6-3-5-14(20(16)23(27)31)11-24-15-10-13-4-1-2-7-17(13)25-12-15/h1-7,15,18,24-25H,8-12H2,(H,26,28,29). The number of carbonyl (C=O) groups is 4. The maximum atomic E-state index is 13.2. The van der Waals surface area contributed by atoms with Crippen molar-refractivity contribution in [1.29, 1.82) is 0 Å². The minimum absolute atomic E-state index is 0.106. The van der Waals surface area contributed by atoms with Crippen molar-refractivity contribution < 1.29 is 19.2 Å². The summed E-state index contributed by atoms with van der Waals surface area (Å²) in [5.41, 5.74) is 3.75. The first-order valence-corrected chi connectivity index (χ1v) is 10.4. The van der Waals surface area contributed by atoms with Crippen LogP contribution in [0.2, 0.25) is 0 Å². The monoisotopic (exact) mass is 418 g/mol. The molecule has 8 nitrogen and oxygen atoms in total. The first kappa shape index (κ1) is 19.4. The third kappa shape index (κ3) is 3.38. The predicted molar refractivity (Wildman–Crippen MR) is 112 cm³/mol. The molecule has 2 unspecified atom stereocenters. The molecule has 3 aliphatic rings. The highest BCUT2D eigenvalue weighted by atomic mass is 16.2. The van der Waals surface area contributed by atoms with E-state index in [4.69, 9.17) is 0 Å². The van der Waals surface area contributed by atoms with E-state index in [0.29, 0.717) is 17.7 Å². The molecule has 3 heterocycles. The summed E-state index contributed by atoms with van der Waals surface area (Å²) in [4.78, 5) is 50.8. The zero-order chi connectivity index (χ0) is 21.5. The van der Waals surface area contributed by atoms with Crippen LogP contribution in [-0.4, -0.2) is 47.2 Å². The van der Waals surface area contributed by atoms with Gasteiger partial charge in [0.1, 0.15) is 6.04 Å². The molecule has 1 saturated heterocycles. The van der Waals surface area contributed by atoms with Crippen LogP contribution in [0.1, 0.15) is 44.7 Å². The van der Waals surface area contributed by atoms with Gasteiger partial charge in [0, 0.05) is 31.2 Å². The molecule has 158 valence electrons. The summed E-state index contributed by atoms with van der Waals surface area (Å²) in [5.74, 6) is -1.94. The van der Waals surface area contributed by atoms with Crippen LogP contribution in [0, 0.1) is 0 Å². The number of para-hydroxylation sites is 1. The van der Waals surface area contributed by atoms with E-state index in [-0.39, 0.29) is 24.8 Å². The van der Waals surface area contributed by atoms with E-state index in [0.717, 1.165) is 29.1 Å². The molecule has 4 amide bonds. The maximum Gasteiger partial charge on any atom is 0.262 e. The van der Waals surface area contributed by atoms with Crippen molar-refractivity contribution >= 4 is 29.3 Å². The molecule has 0 aliphatic carbocycles. The molecule has 3 aliphatic heterocycles. The number of hydrogen-bond acceptors (Lipinski definition) is 6. The molecule has 0 saturated carbocycles. The number of rotatable bonds is 4. The number of nitrogens with zero attached hydrogens (tertiary/aromatic N) is 1. The van der Waals surface area contributed by atoms with E-state index in [2.05, 4.69) is 28.1 Å². The molecule has 8 heteroatoms. The molecule has 31 heavy (non-hydrogen) atoms. The predicted octanol–water partition coefficient (Wildman–Crippen LogP) is 1.21. The fraction of sp³-hybridized carbons (Fsp3) is 0.304. The van der Waals surface area contributed by atoms with Gasteiger partial charge >= 0.3 is 0 Å². The van der Waals surface area contributed by atoms with Crippen molar-refractivity contribution in [3.05, 3.63) is 64.7 Å². The number of nitrogens with one attached hydrogen (secondary N) is 3. The molecule has 1 fully saturated rings. The molecule has 5 rings (SSSR count). The van der Waals surface area contributed by atoms with E-state index >= 15 is 0 Å². The molecule has 3 N–H and O–H groups in total. The quantitative estimate of drug-likeness (QED) is 0.645. The molecule has 2 atom stereocenters. The summed E-state index contributed by atoms with van der Waals surface area (Å²) >= 11 is 0. The van der Waals surface area contributed by atoms with Crippen molar-refractivity contribution in [2.24, 2.45) is 0 Å². The molecule has 0 aromatic heterocycles. The van der Waals surface area contributed by atoms with Crippen molar-refractivity contribution in [3.8, 4) is 0 Å². The van der Waals surface area contributed by atoms with Gasteiger partial charge < -0.3 is 10.6 Å². The topological polar surface area (TPSA) is 108 Å². The Labute approximate surface area is 179 Å². The fourth-order valence-electron chi connectivity index (χ4n) is 4.57. The average molecular weight is 418 g/mol. The first-order chi connectivity index (χ1) is 15.0. The van der Waals surface area contributed by atoms with Crippen LogP contribution in [0.25, 0.3) is 0 Å². The Balaban J connectivity index is 1.34. The minimum atomic E-state index is -0.954. The van der Waals surface area contributed by atoms with E-state index in [9.17, 15) is 19.2 Å². The summed E-state index contributed by atoms with van der Waals surface area (Å²) in [7, 11) is 0. The zero-order valence-electron chi connectivity index (χ0n) is 16.8. The number of imide groups is 2. The summed E-state index contributed by atoms with van der Waals surface area (Å²) in [6, 6.07) is 12.6. The second-order valence-corrected chi connectivity index (χ2v) is 8.11. The van der Waals surface area contributed by atoms with Crippen molar-refractivity contribution in [1.82, 2.24) is 15.5 Å². The van der Waals surface area contributed by atoms with Gasteiger partial charge in [0.25, 0.3) is 11.8 Å². The van der Waals surface area contributed by atoms with Crippen LogP contribution >= 0.6 is 0 Å². The highest BCUT2D eigenvalue weighted by Crippen LogP contribution is 2.30. The Kier molecular flexibility index (Phi) is 4.78. The van der Waals surface area contributed by atoms with Gasteiger partial charge in [-0.2, -0.15) is 0 Å². The molecule has 2 aromatic rings. The smallest absolute Gasteiger partial charge is 0.262 e. The summed E-state index contributed by atoms with van der Waals surface area (Å²) in [6.45, 7) is 1.20. The Morgan fingerprint density at radius 2 is 1.84 bits per heavy atom. The summed E-state index contributed by atoms with van der Waals surface area (Å²) < 4.78 is 0. The largest absolute Gasteiger partial charge is 0.383 e. The number of hydrogen-bond donors (Lipinski definition) is 3. The van der Waals surface area contributed by atoms with Crippen LogP contribution in [0.5, 0.6) is 0 Å². The summed E-state index contributed by atoms with van der Waals surface area (Å²) in [6.07, 6.45) is 1.12. The zero-order valence-corrected chi connectivity index (χ0v) is 16.8. The Morgan fingerprint density at radius 1 is 1.00 bits per heavy atom. The normalized spacial score (nSPS) is 22.6. The third-order valence-corrected chi connectivity index (χ3v) is 6.16. The first-order valence-electron chi connectivity index (χ1n) is 10.4.